The summed E-state index contributed by atoms with van der Waals surface area (Å²) in [6, 6.07) is 0. The van der Waals surface area contributed by atoms with Crippen molar-refractivity contribution in [1.29, 1.82) is 0 Å². The van der Waals surface area contributed by atoms with Crippen LogP contribution in [0.1, 0.15) is 26.5 Å². The van der Waals surface area contributed by atoms with Gasteiger partial charge in [-0.2, -0.15) is 0 Å². The number of aliphatic hydroxyl groups excluding tert-OH is 1. The van der Waals surface area contributed by atoms with E-state index in [0.29, 0.717) is 12.3 Å². The maximum atomic E-state index is 10.3. The predicted molar refractivity (Wildman–Crippen MR) is 63.4 cm³/mol. The number of rotatable bonds is 3. The maximum absolute atomic E-state index is 10.3. The van der Waals surface area contributed by atoms with Crippen molar-refractivity contribution in [2.75, 3.05) is 0 Å². The zero-order chi connectivity index (χ0) is 12.6. The lowest BCUT2D eigenvalue weighted by molar-refractivity contribution is 0.0237. The van der Waals surface area contributed by atoms with Gasteiger partial charge in [-0.15, -0.1) is 5.10 Å². The summed E-state index contributed by atoms with van der Waals surface area (Å²) in [5.74, 6) is 0.545. The molecular weight excluding hydrogens is 218 g/mol. The summed E-state index contributed by atoms with van der Waals surface area (Å²) < 4.78 is 7.40. The van der Waals surface area contributed by atoms with Crippen molar-refractivity contribution in [2.24, 2.45) is 18.9 Å². The van der Waals surface area contributed by atoms with Crippen molar-refractivity contribution in [3.63, 3.8) is 0 Å². The smallest absolute Gasteiger partial charge is 0.0852 e. The minimum Gasteiger partial charge on any atom is -0.392 e. The Labute approximate surface area is 102 Å². The maximum Gasteiger partial charge on any atom is 0.0852 e. The fourth-order valence-corrected chi connectivity index (χ4v) is 2.80. The zero-order valence-corrected chi connectivity index (χ0v) is 10.9. The molecule has 5 unspecified atom stereocenters. The molecule has 1 aliphatic heterocycles. The monoisotopic (exact) mass is 239 g/mol. The Balaban J connectivity index is 2.02. The average molecular weight is 239 g/mol. The molecule has 17 heavy (non-hydrogen) atoms. The first-order valence-electron chi connectivity index (χ1n) is 6.17. The van der Waals surface area contributed by atoms with Crippen LogP contribution >= 0.6 is 0 Å². The van der Waals surface area contributed by atoms with Crippen LogP contribution in [0.3, 0.4) is 0 Å². The minimum atomic E-state index is -0.415. The van der Waals surface area contributed by atoms with Gasteiger partial charge in [0.25, 0.3) is 0 Å². The third kappa shape index (κ3) is 2.50. The van der Waals surface area contributed by atoms with E-state index in [1.807, 2.05) is 20.2 Å². The second kappa shape index (κ2) is 4.74. The summed E-state index contributed by atoms with van der Waals surface area (Å²) >= 11 is 0. The Hall–Kier alpha value is -0.940. The molecule has 0 saturated carbocycles. The number of ether oxygens (including phenoxy) is 1. The topological polar surface area (TPSA) is 60.2 Å². The van der Waals surface area contributed by atoms with Gasteiger partial charge in [-0.1, -0.05) is 12.1 Å². The Morgan fingerprint density at radius 2 is 2.12 bits per heavy atom. The fourth-order valence-electron chi connectivity index (χ4n) is 2.80. The molecule has 5 heteroatoms. The number of nitrogens with zero attached hydrogens (tertiary/aromatic N) is 3. The highest BCUT2D eigenvalue weighted by molar-refractivity contribution is 4.98. The average Bonchev–Trinajstić information content (AvgIpc) is 2.73. The van der Waals surface area contributed by atoms with Gasteiger partial charge in [0, 0.05) is 25.6 Å². The van der Waals surface area contributed by atoms with Crippen LogP contribution in [0.25, 0.3) is 0 Å². The highest BCUT2D eigenvalue weighted by atomic mass is 16.5. The summed E-state index contributed by atoms with van der Waals surface area (Å²) in [4.78, 5) is 0. The molecule has 0 spiro atoms. The van der Waals surface area contributed by atoms with Crippen LogP contribution in [0, 0.1) is 11.8 Å². The Morgan fingerprint density at radius 3 is 2.59 bits per heavy atom. The predicted octanol–water partition coefficient (Wildman–Crippen LogP) is 0.778. The highest BCUT2D eigenvalue weighted by Crippen LogP contribution is 2.35. The molecule has 0 bridgehead atoms. The Morgan fingerprint density at radius 1 is 1.41 bits per heavy atom. The highest BCUT2D eigenvalue weighted by Gasteiger charge is 2.41. The lowest BCUT2D eigenvalue weighted by Crippen LogP contribution is -2.32. The van der Waals surface area contributed by atoms with Crippen molar-refractivity contribution in [2.45, 2.75) is 45.5 Å². The number of hydrogen-bond donors (Lipinski definition) is 1. The van der Waals surface area contributed by atoms with Crippen molar-refractivity contribution in [1.82, 2.24) is 15.0 Å². The third-order valence-electron chi connectivity index (χ3n) is 3.83. The van der Waals surface area contributed by atoms with Crippen LogP contribution in [-0.2, 0) is 18.2 Å². The Bertz CT molecular complexity index is 380. The van der Waals surface area contributed by atoms with Gasteiger partial charge in [0.1, 0.15) is 0 Å². The molecule has 1 fully saturated rings. The summed E-state index contributed by atoms with van der Waals surface area (Å²) in [6.07, 6.45) is 2.29. The fraction of sp³-hybridized carbons (Fsp3) is 0.833. The van der Waals surface area contributed by atoms with Gasteiger partial charge in [0.05, 0.1) is 24.0 Å². The van der Waals surface area contributed by atoms with Gasteiger partial charge in [-0.3, -0.25) is 4.68 Å². The second-order valence-electron chi connectivity index (χ2n) is 5.14. The number of hydrogen-bond acceptors (Lipinski definition) is 4. The molecule has 2 rings (SSSR count). The normalized spacial score (nSPS) is 35.1. The molecule has 1 aromatic rings. The van der Waals surface area contributed by atoms with E-state index in [9.17, 15) is 5.11 Å². The summed E-state index contributed by atoms with van der Waals surface area (Å²) in [5, 5.41) is 18.2. The lowest BCUT2D eigenvalue weighted by atomic mass is 9.83. The molecule has 0 amide bonds. The van der Waals surface area contributed by atoms with E-state index < -0.39 is 6.10 Å². The van der Waals surface area contributed by atoms with Gasteiger partial charge in [-0.25, -0.2) is 0 Å². The molecule has 0 aromatic carbocycles. The van der Waals surface area contributed by atoms with Gasteiger partial charge in [-0.05, 0) is 19.8 Å². The summed E-state index contributed by atoms with van der Waals surface area (Å²) in [5.41, 5.74) is 0.832. The van der Waals surface area contributed by atoms with Gasteiger partial charge in [0.2, 0.25) is 0 Å². The molecule has 1 aromatic heterocycles. The third-order valence-corrected chi connectivity index (χ3v) is 3.83. The molecule has 1 aliphatic rings. The molecular formula is C12H21N3O2. The molecule has 0 radical (unpaired) electrons. The van der Waals surface area contributed by atoms with Crippen molar-refractivity contribution in [3.8, 4) is 0 Å². The van der Waals surface area contributed by atoms with Crippen molar-refractivity contribution < 1.29 is 9.84 Å². The van der Waals surface area contributed by atoms with E-state index in [4.69, 9.17) is 4.74 Å². The van der Waals surface area contributed by atoms with Crippen LogP contribution in [0.2, 0.25) is 0 Å². The molecule has 0 aliphatic carbocycles. The number of aromatic nitrogens is 3. The lowest BCUT2D eigenvalue weighted by Gasteiger charge is -2.23. The molecule has 96 valence electrons. The SMILES string of the molecule is CC1OC(C)C(C(O)Cc2cn(C)nn2)C1C. The van der Waals surface area contributed by atoms with Crippen molar-refractivity contribution >= 4 is 0 Å². The minimum absolute atomic E-state index is 0.103. The van der Waals surface area contributed by atoms with Crippen LogP contribution in [0.15, 0.2) is 6.20 Å². The van der Waals surface area contributed by atoms with E-state index in [2.05, 4.69) is 24.2 Å². The van der Waals surface area contributed by atoms with E-state index >= 15 is 0 Å². The summed E-state index contributed by atoms with van der Waals surface area (Å²) in [7, 11) is 1.83. The van der Waals surface area contributed by atoms with Gasteiger partial charge in [0.15, 0.2) is 0 Å². The van der Waals surface area contributed by atoms with Crippen molar-refractivity contribution in [3.05, 3.63) is 11.9 Å². The molecule has 5 nitrogen and oxygen atoms in total. The quantitative estimate of drug-likeness (QED) is 0.846. The van der Waals surface area contributed by atoms with Crippen LogP contribution < -0.4 is 0 Å². The Kier molecular flexibility index (Phi) is 3.49. The van der Waals surface area contributed by atoms with Crippen LogP contribution in [0.5, 0.6) is 0 Å². The van der Waals surface area contributed by atoms with Gasteiger partial charge < -0.3 is 9.84 Å². The van der Waals surface area contributed by atoms with Crippen LogP contribution in [0.4, 0.5) is 0 Å². The van der Waals surface area contributed by atoms with E-state index in [-0.39, 0.29) is 18.1 Å². The molecule has 2 heterocycles. The summed E-state index contributed by atoms with van der Waals surface area (Å²) in [6.45, 7) is 6.24. The first-order chi connectivity index (χ1) is 7.99. The van der Waals surface area contributed by atoms with Gasteiger partial charge >= 0.3 is 0 Å². The largest absolute Gasteiger partial charge is 0.392 e. The number of aliphatic hydroxyl groups is 1. The number of aryl methyl sites for hydroxylation is 1. The molecule has 5 atom stereocenters. The zero-order valence-electron chi connectivity index (χ0n) is 10.9. The van der Waals surface area contributed by atoms with E-state index in [1.54, 1.807) is 4.68 Å². The van der Waals surface area contributed by atoms with E-state index in [0.717, 1.165) is 5.69 Å². The van der Waals surface area contributed by atoms with E-state index in [1.165, 1.54) is 0 Å². The molecule has 1 N–H and O–H groups in total. The molecule has 1 saturated heterocycles. The second-order valence-corrected chi connectivity index (χ2v) is 5.14. The standard InChI is InChI=1S/C12H21N3O2/c1-7-8(2)17-9(3)12(7)11(16)5-10-6-15(4)14-13-10/h6-9,11-12,16H,5H2,1-4H3. The first kappa shape index (κ1) is 12.5. The van der Waals surface area contributed by atoms with Crippen LogP contribution in [-0.4, -0.2) is 38.4 Å². The first-order valence-corrected chi connectivity index (χ1v) is 6.17.